The first-order valence-electron chi connectivity index (χ1n) is 11.7. The first-order valence-corrected chi connectivity index (χ1v) is 12.1. The first kappa shape index (κ1) is 23.8. The molecule has 1 aliphatic heterocycles. The molecule has 5 nitrogen and oxygen atoms in total. The molecule has 2 fully saturated rings. The van der Waals surface area contributed by atoms with Crippen LogP contribution in [0, 0.1) is 5.82 Å². The molecule has 2 aromatic rings. The van der Waals surface area contributed by atoms with Gasteiger partial charge in [-0.05, 0) is 79.1 Å². The summed E-state index contributed by atoms with van der Waals surface area (Å²) < 4.78 is 30.4. The van der Waals surface area contributed by atoms with Gasteiger partial charge in [-0.3, -0.25) is 4.79 Å². The molecular formula is C26H30ClFO5. The van der Waals surface area contributed by atoms with Crippen molar-refractivity contribution in [2.45, 2.75) is 69.5 Å². The largest absolute Gasteiger partial charge is 0.494 e. The molecule has 178 valence electrons. The third-order valence-corrected chi connectivity index (χ3v) is 6.49. The van der Waals surface area contributed by atoms with Crippen molar-refractivity contribution in [1.29, 1.82) is 0 Å². The van der Waals surface area contributed by atoms with Crippen LogP contribution in [-0.2, 0) is 16.0 Å². The second-order valence-electron chi connectivity index (χ2n) is 8.89. The van der Waals surface area contributed by atoms with Crippen LogP contribution in [0.1, 0.15) is 62.0 Å². The highest BCUT2D eigenvalue weighted by molar-refractivity contribution is 6.30. The van der Waals surface area contributed by atoms with E-state index in [-0.39, 0.29) is 18.8 Å². The maximum atomic E-state index is 13.1. The van der Waals surface area contributed by atoms with Gasteiger partial charge in [0.1, 0.15) is 30.0 Å². The molecule has 1 heterocycles. The number of hydrogen-bond acceptors (Lipinski definition) is 5. The SMILES string of the molecule is O=C1C[C@H](O)C[C@@H](COc2c(CCCOc3ccc(F)cc3)cc(Cl)cc2C2CCCC2)O1. The molecule has 0 radical (unpaired) electrons. The van der Waals surface area contributed by atoms with Gasteiger partial charge >= 0.3 is 5.97 Å². The monoisotopic (exact) mass is 476 g/mol. The van der Waals surface area contributed by atoms with E-state index < -0.39 is 18.2 Å². The third-order valence-electron chi connectivity index (χ3n) is 6.28. The average Bonchev–Trinajstić information content (AvgIpc) is 3.31. The molecule has 33 heavy (non-hydrogen) atoms. The van der Waals surface area contributed by atoms with Crippen LogP contribution in [0.3, 0.4) is 0 Å². The van der Waals surface area contributed by atoms with Gasteiger partial charge in [-0.1, -0.05) is 24.4 Å². The molecule has 2 aromatic carbocycles. The molecule has 0 bridgehead atoms. The van der Waals surface area contributed by atoms with E-state index in [1.165, 1.54) is 25.0 Å². The minimum Gasteiger partial charge on any atom is -0.494 e. The number of aliphatic hydroxyl groups excluding tert-OH is 1. The second-order valence-corrected chi connectivity index (χ2v) is 9.32. The molecule has 0 spiro atoms. The summed E-state index contributed by atoms with van der Waals surface area (Å²) in [5, 5.41) is 10.6. The van der Waals surface area contributed by atoms with Crippen molar-refractivity contribution in [1.82, 2.24) is 0 Å². The number of rotatable bonds is 9. The lowest BCUT2D eigenvalue weighted by atomic mass is 9.93. The summed E-state index contributed by atoms with van der Waals surface area (Å²) in [6.45, 7) is 0.673. The normalized spacial score (nSPS) is 21.1. The van der Waals surface area contributed by atoms with Crippen LogP contribution < -0.4 is 9.47 Å². The number of hydrogen-bond donors (Lipinski definition) is 1. The topological polar surface area (TPSA) is 65.0 Å². The van der Waals surface area contributed by atoms with Gasteiger partial charge in [0.2, 0.25) is 0 Å². The van der Waals surface area contributed by atoms with Crippen LogP contribution in [0.15, 0.2) is 36.4 Å². The van der Waals surface area contributed by atoms with Gasteiger partial charge in [-0.2, -0.15) is 0 Å². The molecule has 0 aromatic heterocycles. The molecule has 1 saturated heterocycles. The summed E-state index contributed by atoms with van der Waals surface area (Å²) >= 11 is 6.49. The number of aryl methyl sites for hydroxylation is 1. The summed E-state index contributed by atoms with van der Waals surface area (Å²) in [4.78, 5) is 11.7. The van der Waals surface area contributed by atoms with Crippen LogP contribution >= 0.6 is 11.6 Å². The summed E-state index contributed by atoms with van der Waals surface area (Å²) in [5.74, 6) is 1.14. The fourth-order valence-corrected chi connectivity index (χ4v) is 4.95. The van der Waals surface area contributed by atoms with Gasteiger partial charge in [0.05, 0.1) is 19.1 Å². The van der Waals surface area contributed by atoms with Gasteiger partial charge in [0.15, 0.2) is 0 Å². The molecule has 2 atom stereocenters. The number of halogens is 2. The Kier molecular flexibility index (Phi) is 8.10. The second kappa shape index (κ2) is 11.2. The average molecular weight is 477 g/mol. The Morgan fingerprint density at radius 3 is 2.61 bits per heavy atom. The summed E-state index contributed by atoms with van der Waals surface area (Å²) in [7, 11) is 0. The number of aliphatic hydroxyl groups is 1. The standard InChI is InChI=1S/C26H30ClFO5/c27-19-12-18(6-3-11-31-22-9-7-20(28)8-10-22)26(24(13-19)17-4-1-2-5-17)32-16-23-14-21(29)15-25(30)33-23/h7-10,12-13,17,21,23,29H,1-6,11,14-16H2/t21-,23+/m1/s1. The predicted octanol–water partition coefficient (Wildman–Crippen LogP) is 5.59. The molecular weight excluding hydrogens is 447 g/mol. The van der Waals surface area contributed by atoms with Gasteiger partial charge in [0.25, 0.3) is 0 Å². The highest BCUT2D eigenvalue weighted by Gasteiger charge is 2.29. The molecule has 0 amide bonds. The zero-order valence-corrected chi connectivity index (χ0v) is 19.4. The van der Waals surface area contributed by atoms with Crippen molar-refractivity contribution in [3.05, 3.63) is 58.4 Å². The molecule has 4 rings (SSSR count). The number of carbonyl (C=O) groups is 1. The van der Waals surface area contributed by atoms with E-state index in [9.17, 15) is 14.3 Å². The maximum absolute atomic E-state index is 13.1. The van der Waals surface area contributed by atoms with Gasteiger partial charge < -0.3 is 19.3 Å². The van der Waals surface area contributed by atoms with Crippen LogP contribution in [-0.4, -0.2) is 36.5 Å². The molecule has 7 heteroatoms. The summed E-state index contributed by atoms with van der Waals surface area (Å²) in [6.07, 6.45) is 5.24. The maximum Gasteiger partial charge on any atom is 0.308 e. The van der Waals surface area contributed by atoms with Crippen LogP contribution in [0.4, 0.5) is 4.39 Å². The number of cyclic esters (lactones) is 1. The van der Waals surface area contributed by atoms with Crippen LogP contribution in [0.25, 0.3) is 0 Å². The fourth-order valence-electron chi connectivity index (χ4n) is 4.70. The van der Waals surface area contributed by atoms with E-state index in [0.29, 0.717) is 36.1 Å². The zero-order valence-electron chi connectivity index (χ0n) is 18.6. The number of esters is 1. The Labute approximate surface area is 198 Å². The Bertz CT molecular complexity index is 942. The van der Waals surface area contributed by atoms with Crippen molar-refractivity contribution in [3.63, 3.8) is 0 Å². The Balaban J connectivity index is 1.45. The van der Waals surface area contributed by atoms with Gasteiger partial charge in [-0.25, -0.2) is 4.39 Å². The van der Waals surface area contributed by atoms with E-state index in [1.807, 2.05) is 12.1 Å². The quantitative estimate of drug-likeness (QED) is 0.377. The summed E-state index contributed by atoms with van der Waals surface area (Å²) in [5.41, 5.74) is 2.10. The molecule has 1 N–H and O–H groups in total. The molecule has 0 unspecified atom stereocenters. The molecule has 2 aliphatic rings. The van der Waals surface area contributed by atoms with Gasteiger partial charge in [0, 0.05) is 11.4 Å². The Morgan fingerprint density at radius 1 is 1.12 bits per heavy atom. The van der Waals surface area contributed by atoms with Crippen molar-refractivity contribution in [2.75, 3.05) is 13.2 Å². The highest BCUT2D eigenvalue weighted by Crippen LogP contribution is 2.42. The summed E-state index contributed by atoms with van der Waals surface area (Å²) in [6, 6.07) is 9.90. The lowest BCUT2D eigenvalue weighted by Gasteiger charge is -2.27. The van der Waals surface area contributed by atoms with E-state index >= 15 is 0 Å². The lowest BCUT2D eigenvalue weighted by Crippen LogP contribution is -2.36. The zero-order chi connectivity index (χ0) is 23.2. The minimum absolute atomic E-state index is 0.0318. The van der Waals surface area contributed by atoms with E-state index in [2.05, 4.69) is 0 Å². The number of ether oxygens (including phenoxy) is 3. The van der Waals surface area contributed by atoms with Crippen molar-refractivity contribution in [3.8, 4) is 11.5 Å². The van der Waals surface area contributed by atoms with E-state index in [1.54, 1.807) is 12.1 Å². The Hall–Kier alpha value is -2.31. The minimum atomic E-state index is -0.692. The smallest absolute Gasteiger partial charge is 0.308 e. The lowest BCUT2D eigenvalue weighted by molar-refractivity contribution is -0.162. The van der Waals surface area contributed by atoms with Crippen molar-refractivity contribution >= 4 is 17.6 Å². The van der Waals surface area contributed by atoms with Crippen molar-refractivity contribution in [2.24, 2.45) is 0 Å². The first-order chi connectivity index (χ1) is 16.0. The number of carbonyl (C=O) groups excluding carboxylic acids is 1. The molecule has 1 aliphatic carbocycles. The third kappa shape index (κ3) is 6.61. The Morgan fingerprint density at radius 2 is 1.88 bits per heavy atom. The number of benzene rings is 2. The fraction of sp³-hybridized carbons (Fsp3) is 0.500. The predicted molar refractivity (Wildman–Crippen MR) is 123 cm³/mol. The van der Waals surface area contributed by atoms with Crippen LogP contribution in [0.2, 0.25) is 5.02 Å². The van der Waals surface area contributed by atoms with Gasteiger partial charge in [-0.15, -0.1) is 0 Å². The van der Waals surface area contributed by atoms with Crippen LogP contribution in [0.5, 0.6) is 11.5 Å². The van der Waals surface area contributed by atoms with Crippen molar-refractivity contribution < 1.29 is 28.5 Å². The highest BCUT2D eigenvalue weighted by atomic mass is 35.5. The van der Waals surface area contributed by atoms with E-state index in [4.69, 9.17) is 25.8 Å². The van der Waals surface area contributed by atoms with E-state index in [0.717, 1.165) is 36.1 Å². The molecule has 1 saturated carbocycles.